The lowest BCUT2D eigenvalue weighted by atomic mass is 10.1. The van der Waals surface area contributed by atoms with E-state index in [0.717, 1.165) is 10.8 Å². The zero-order valence-electron chi connectivity index (χ0n) is 9.96. The number of carboxylic acids is 1. The van der Waals surface area contributed by atoms with Gasteiger partial charge < -0.3 is 10.0 Å². The largest absolute Gasteiger partial charge is 0.480 e. The summed E-state index contributed by atoms with van der Waals surface area (Å²) in [5, 5.41) is 10.7. The van der Waals surface area contributed by atoms with Crippen LogP contribution in [0.15, 0.2) is 42.5 Å². The van der Waals surface area contributed by atoms with E-state index >= 15 is 0 Å². The number of carbonyl (C=O) groups is 2. The minimum Gasteiger partial charge on any atom is -0.480 e. The van der Waals surface area contributed by atoms with Crippen LogP contribution in [-0.2, 0) is 9.59 Å². The Morgan fingerprint density at radius 1 is 1.11 bits per heavy atom. The maximum absolute atomic E-state index is 11.6. The molecule has 0 radical (unpaired) electrons. The van der Waals surface area contributed by atoms with Crippen LogP contribution in [0.3, 0.4) is 0 Å². The van der Waals surface area contributed by atoms with E-state index in [4.69, 9.17) is 5.11 Å². The van der Waals surface area contributed by atoms with Gasteiger partial charge in [0.05, 0.1) is 5.69 Å². The van der Waals surface area contributed by atoms with Crippen LogP contribution < -0.4 is 4.90 Å². The summed E-state index contributed by atoms with van der Waals surface area (Å²) in [7, 11) is 0. The number of hydrogen-bond donors (Lipinski definition) is 1. The summed E-state index contributed by atoms with van der Waals surface area (Å²) in [6, 6.07) is 13.1. The summed E-state index contributed by atoms with van der Waals surface area (Å²) < 4.78 is 0. The normalized spacial score (nSPS) is 10.3. The third kappa shape index (κ3) is 2.32. The monoisotopic (exact) mass is 243 g/mol. The third-order valence-corrected chi connectivity index (χ3v) is 2.73. The fraction of sp³-hybridized carbons (Fsp3) is 0.143. The highest BCUT2D eigenvalue weighted by Gasteiger charge is 2.16. The summed E-state index contributed by atoms with van der Waals surface area (Å²) in [4.78, 5) is 23.7. The van der Waals surface area contributed by atoms with E-state index in [-0.39, 0.29) is 12.5 Å². The van der Waals surface area contributed by atoms with Gasteiger partial charge in [0.15, 0.2) is 0 Å². The first-order valence-corrected chi connectivity index (χ1v) is 5.57. The van der Waals surface area contributed by atoms with Crippen LogP contribution in [0.1, 0.15) is 6.92 Å². The standard InChI is InChI=1S/C14H13NO3/c1-10(16)15(9-14(17)18)13-8-4-6-11-5-2-3-7-12(11)13/h2-8H,9H2,1H3,(H,17,18). The van der Waals surface area contributed by atoms with Crippen molar-refractivity contribution < 1.29 is 14.7 Å². The van der Waals surface area contributed by atoms with Crippen molar-refractivity contribution >= 4 is 28.3 Å². The molecule has 0 aliphatic carbocycles. The number of carbonyl (C=O) groups excluding carboxylic acids is 1. The van der Waals surface area contributed by atoms with E-state index in [2.05, 4.69) is 0 Å². The first kappa shape index (κ1) is 12.1. The average Bonchev–Trinajstić information content (AvgIpc) is 2.35. The van der Waals surface area contributed by atoms with Gasteiger partial charge >= 0.3 is 5.97 Å². The number of anilines is 1. The van der Waals surface area contributed by atoms with Crippen LogP contribution >= 0.6 is 0 Å². The highest BCUT2D eigenvalue weighted by molar-refractivity contribution is 6.04. The molecule has 2 rings (SSSR count). The van der Waals surface area contributed by atoms with Gasteiger partial charge in [-0.3, -0.25) is 9.59 Å². The quantitative estimate of drug-likeness (QED) is 0.899. The Hall–Kier alpha value is -2.36. The van der Waals surface area contributed by atoms with Gasteiger partial charge in [-0.25, -0.2) is 0 Å². The molecule has 0 aromatic heterocycles. The molecule has 4 heteroatoms. The Kier molecular flexibility index (Phi) is 3.28. The van der Waals surface area contributed by atoms with Gasteiger partial charge in [0.2, 0.25) is 5.91 Å². The minimum absolute atomic E-state index is 0.284. The summed E-state index contributed by atoms with van der Waals surface area (Å²) in [5.41, 5.74) is 0.628. The molecule has 0 fully saturated rings. The fourth-order valence-electron chi connectivity index (χ4n) is 1.95. The molecule has 0 bridgehead atoms. The van der Waals surface area contributed by atoms with Crippen molar-refractivity contribution in [1.82, 2.24) is 0 Å². The second-order valence-electron chi connectivity index (χ2n) is 4.00. The number of carboxylic acid groups (broad SMARTS) is 1. The molecule has 92 valence electrons. The summed E-state index contributed by atoms with van der Waals surface area (Å²) in [6.07, 6.45) is 0. The van der Waals surface area contributed by atoms with Gasteiger partial charge in [0.1, 0.15) is 6.54 Å². The van der Waals surface area contributed by atoms with E-state index in [1.165, 1.54) is 11.8 Å². The molecule has 2 aromatic rings. The highest BCUT2D eigenvalue weighted by atomic mass is 16.4. The Morgan fingerprint density at radius 2 is 1.78 bits per heavy atom. The number of rotatable bonds is 3. The fourth-order valence-corrected chi connectivity index (χ4v) is 1.95. The molecule has 0 saturated carbocycles. The van der Waals surface area contributed by atoms with Crippen LogP contribution in [-0.4, -0.2) is 23.5 Å². The smallest absolute Gasteiger partial charge is 0.323 e. The lowest BCUT2D eigenvalue weighted by Gasteiger charge is -2.20. The highest BCUT2D eigenvalue weighted by Crippen LogP contribution is 2.26. The Labute approximate surface area is 104 Å². The molecule has 1 N–H and O–H groups in total. The van der Waals surface area contributed by atoms with Gasteiger partial charge in [-0.05, 0) is 11.5 Å². The first-order chi connectivity index (χ1) is 8.59. The lowest BCUT2D eigenvalue weighted by Crippen LogP contribution is -2.33. The van der Waals surface area contributed by atoms with E-state index in [1.54, 1.807) is 6.07 Å². The topological polar surface area (TPSA) is 57.6 Å². The molecule has 0 aliphatic rings. The molecular formula is C14H13NO3. The summed E-state index contributed by atoms with van der Waals surface area (Å²) in [5.74, 6) is -1.31. The number of hydrogen-bond acceptors (Lipinski definition) is 2. The first-order valence-electron chi connectivity index (χ1n) is 5.57. The number of fused-ring (bicyclic) bond motifs is 1. The Bertz CT molecular complexity index is 602. The Morgan fingerprint density at radius 3 is 2.44 bits per heavy atom. The van der Waals surface area contributed by atoms with Crippen LogP contribution in [0, 0.1) is 0 Å². The summed E-state index contributed by atoms with van der Waals surface area (Å²) in [6.45, 7) is 1.04. The predicted molar refractivity (Wildman–Crippen MR) is 69.6 cm³/mol. The molecule has 0 spiro atoms. The molecule has 0 heterocycles. The lowest BCUT2D eigenvalue weighted by molar-refractivity contribution is -0.136. The van der Waals surface area contributed by atoms with Crippen molar-refractivity contribution in [2.75, 3.05) is 11.4 Å². The maximum Gasteiger partial charge on any atom is 0.323 e. The van der Waals surface area contributed by atoms with Gasteiger partial charge in [0.25, 0.3) is 0 Å². The number of aliphatic carboxylic acids is 1. The van der Waals surface area contributed by atoms with Crippen LogP contribution in [0.2, 0.25) is 0 Å². The molecule has 1 amide bonds. The van der Waals surface area contributed by atoms with Crippen LogP contribution in [0.5, 0.6) is 0 Å². The van der Waals surface area contributed by atoms with Crippen molar-refractivity contribution in [3.8, 4) is 0 Å². The van der Waals surface area contributed by atoms with E-state index in [0.29, 0.717) is 5.69 Å². The molecule has 2 aromatic carbocycles. The van der Waals surface area contributed by atoms with E-state index in [1.807, 2.05) is 36.4 Å². The van der Waals surface area contributed by atoms with Crippen molar-refractivity contribution in [3.63, 3.8) is 0 Å². The molecule has 4 nitrogen and oxygen atoms in total. The van der Waals surface area contributed by atoms with Crippen molar-refractivity contribution in [2.24, 2.45) is 0 Å². The predicted octanol–water partition coefficient (Wildman–Crippen LogP) is 2.28. The molecule has 0 unspecified atom stereocenters. The number of amides is 1. The van der Waals surface area contributed by atoms with Crippen molar-refractivity contribution in [1.29, 1.82) is 0 Å². The van der Waals surface area contributed by atoms with Gasteiger partial charge in [-0.15, -0.1) is 0 Å². The zero-order chi connectivity index (χ0) is 13.1. The Balaban J connectivity index is 2.57. The number of nitrogens with zero attached hydrogens (tertiary/aromatic N) is 1. The molecule has 0 saturated heterocycles. The second kappa shape index (κ2) is 4.87. The van der Waals surface area contributed by atoms with Crippen molar-refractivity contribution in [2.45, 2.75) is 6.92 Å². The molecular weight excluding hydrogens is 230 g/mol. The van der Waals surface area contributed by atoms with Gasteiger partial charge in [-0.2, -0.15) is 0 Å². The van der Waals surface area contributed by atoms with E-state index < -0.39 is 5.97 Å². The van der Waals surface area contributed by atoms with Crippen molar-refractivity contribution in [3.05, 3.63) is 42.5 Å². The number of benzene rings is 2. The SMILES string of the molecule is CC(=O)N(CC(=O)O)c1cccc2ccccc12. The molecule has 0 aliphatic heterocycles. The minimum atomic E-state index is -1.03. The van der Waals surface area contributed by atoms with Crippen LogP contribution in [0.25, 0.3) is 10.8 Å². The zero-order valence-corrected chi connectivity index (χ0v) is 9.96. The van der Waals surface area contributed by atoms with Gasteiger partial charge in [-0.1, -0.05) is 36.4 Å². The molecule has 0 atom stereocenters. The maximum atomic E-state index is 11.6. The second-order valence-corrected chi connectivity index (χ2v) is 4.00. The van der Waals surface area contributed by atoms with Crippen LogP contribution in [0.4, 0.5) is 5.69 Å². The van der Waals surface area contributed by atoms with Gasteiger partial charge in [0, 0.05) is 12.3 Å². The third-order valence-electron chi connectivity index (χ3n) is 2.73. The summed E-state index contributed by atoms with van der Waals surface area (Å²) >= 11 is 0. The van der Waals surface area contributed by atoms with E-state index in [9.17, 15) is 9.59 Å². The average molecular weight is 243 g/mol. The molecule has 18 heavy (non-hydrogen) atoms.